The maximum atomic E-state index is 12.2. The van der Waals surface area contributed by atoms with Crippen molar-refractivity contribution >= 4 is 29.0 Å². The number of amides is 1. The van der Waals surface area contributed by atoms with Crippen LogP contribution in [0.25, 0.3) is 0 Å². The van der Waals surface area contributed by atoms with E-state index < -0.39 is 30.8 Å². The number of aliphatic carboxylic acids is 1. The van der Waals surface area contributed by atoms with Crippen molar-refractivity contribution < 1.29 is 28.3 Å². The van der Waals surface area contributed by atoms with Gasteiger partial charge < -0.3 is 10.4 Å². The number of alkyl halides is 2. The maximum absolute atomic E-state index is 12.2. The Kier molecular flexibility index (Phi) is 6.61. The molecular weight excluding hydrogens is 316 g/mol. The zero-order chi connectivity index (χ0) is 16.9. The standard InChI is InChI=1S/C14H17F2NO4S/c1-7-5-9(8(2)22-7)11(18)3-4-13(19)17-10(14(20)21)6-12(15)16/h5,10,12H,3-4,6H2,1-2H3,(H,17,19)(H,20,21). The first-order chi connectivity index (χ1) is 10.2. The molecule has 1 atom stereocenters. The molecule has 1 aromatic heterocycles. The van der Waals surface area contributed by atoms with Crippen LogP contribution in [-0.2, 0) is 9.59 Å². The van der Waals surface area contributed by atoms with Crippen molar-refractivity contribution in [3.63, 3.8) is 0 Å². The van der Waals surface area contributed by atoms with Crippen LogP contribution in [0.2, 0.25) is 0 Å². The van der Waals surface area contributed by atoms with Gasteiger partial charge in [-0.2, -0.15) is 0 Å². The van der Waals surface area contributed by atoms with Gasteiger partial charge in [-0.05, 0) is 19.9 Å². The molecule has 1 aromatic rings. The second kappa shape index (κ2) is 7.98. The number of Topliss-reactive ketones (excluding diaryl/α,β-unsaturated/α-hetero) is 1. The van der Waals surface area contributed by atoms with Crippen LogP contribution in [0.3, 0.4) is 0 Å². The molecule has 1 rings (SSSR count). The van der Waals surface area contributed by atoms with E-state index in [2.05, 4.69) is 0 Å². The van der Waals surface area contributed by atoms with E-state index in [1.165, 1.54) is 11.3 Å². The van der Waals surface area contributed by atoms with Gasteiger partial charge in [0.1, 0.15) is 6.04 Å². The van der Waals surface area contributed by atoms with Gasteiger partial charge in [-0.25, -0.2) is 13.6 Å². The molecule has 8 heteroatoms. The third-order valence-corrected chi connectivity index (χ3v) is 3.93. The highest BCUT2D eigenvalue weighted by Gasteiger charge is 2.24. The molecule has 0 aliphatic rings. The molecule has 122 valence electrons. The lowest BCUT2D eigenvalue weighted by molar-refractivity contribution is -0.143. The van der Waals surface area contributed by atoms with E-state index in [-0.39, 0.29) is 18.6 Å². The first kappa shape index (κ1) is 18.2. The Bertz CT molecular complexity index is 571. The molecule has 0 fully saturated rings. The number of nitrogens with one attached hydrogen (secondary N) is 1. The number of hydrogen-bond acceptors (Lipinski definition) is 4. The molecule has 0 spiro atoms. The quantitative estimate of drug-likeness (QED) is 0.716. The molecule has 0 aliphatic heterocycles. The van der Waals surface area contributed by atoms with Crippen LogP contribution in [0.15, 0.2) is 6.07 Å². The fourth-order valence-electron chi connectivity index (χ4n) is 1.94. The van der Waals surface area contributed by atoms with E-state index in [1.807, 2.05) is 12.2 Å². The third kappa shape index (κ3) is 5.51. The predicted octanol–water partition coefficient (Wildman–Crippen LogP) is 2.55. The lowest BCUT2D eigenvalue weighted by Gasteiger charge is -2.13. The van der Waals surface area contributed by atoms with Gasteiger partial charge in [-0.3, -0.25) is 9.59 Å². The van der Waals surface area contributed by atoms with Crippen molar-refractivity contribution in [2.24, 2.45) is 0 Å². The largest absolute Gasteiger partial charge is 0.480 e. The lowest BCUT2D eigenvalue weighted by atomic mass is 10.1. The number of hydrogen-bond donors (Lipinski definition) is 2. The number of carbonyl (C=O) groups excluding carboxylic acids is 2. The van der Waals surface area contributed by atoms with Gasteiger partial charge in [0.15, 0.2) is 5.78 Å². The zero-order valence-electron chi connectivity index (χ0n) is 12.2. The van der Waals surface area contributed by atoms with Gasteiger partial charge in [0.05, 0.1) is 0 Å². The van der Waals surface area contributed by atoms with Crippen molar-refractivity contribution in [1.29, 1.82) is 0 Å². The summed E-state index contributed by atoms with van der Waals surface area (Å²) in [6, 6.07) is 0.0876. The molecule has 2 N–H and O–H groups in total. The molecule has 22 heavy (non-hydrogen) atoms. The topological polar surface area (TPSA) is 83.5 Å². The average Bonchev–Trinajstić information content (AvgIpc) is 2.73. The van der Waals surface area contributed by atoms with Gasteiger partial charge in [0.2, 0.25) is 12.3 Å². The van der Waals surface area contributed by atoms with E-state index in [4.69, 9.17) is 5.11 Å². The Hall–Kier alpha value is -1.83. The van der Waals surface area contributed by atoms with Crippen molar-refractivity contribution in [3.8, 4) is 0 Å². The van der Waals surface area contributed by atoms with Crippen LogP contribution in [0.1, 0.15) is 39.4 Å². The summed E-state index contributed by atoms with van der Waals surface area (Å²) in [5, 5.41) is 10.8. The molecule has 0 radical (unpaired) electrons. The number of aryl methyl sites for hydroxylation is 2. The van der Waals surface area contributed by atoms with Crippen molar-refractivity contribution in [2.75, 3.05) is 0 Å². The summed E-state index contributed by atoms with van der Waals surface area (Å²) in [6.07, 6.45) is -4.12. The molecule has 0 aliphatic carbocycles. The Morgan fingerprint density at radius 1 is 1.27 bits per heavy atom. The minimum Gasteiger partial charge on any atom is -0.480 e. The predicted molar refractivity (Wildman–Crippen MR) is 77.5 cm³/mol. The Morgan fingerprint density at radius 3 is 2.36 bits per heavy atom. The number of halogens is 2. The number of carboxylic acids is 1. The molecule has 0 aromatic carbocycles. The van der Waals surface area contributed by atoms with Gasteiger partial charge in [-0.15, -0.1) is 11.3 Å². The number of rotatable bonds is 8. The first-order valence-corrected chi connectivity index (χ1v) is 7.43. The average molecular weight is 333 g/mol. The number of ketones is 1. The van der Waals surface area contributed by atoms with Crippen LogP contribution >= 0.6 is 11.3 Å². The maximum Gasteiger partial charge on any atom is 0.326 e. The highest BCUT2D eigenvalue weighted by Crippen LogP contribution is 2.22. The molecule has 5 nitrogen and oxygen atoms in total. The molecule has 0 saturated carbocycles. The summed E-state index contributed by atoms with van der Waals surface area (Å²) >= 11 is 1.47. The van der Waals surface area contributed by atoms with E-state index in [1.54, 1.807) is 13.0 Å². The van der Waals surface area contributed by atoms with Crippen LogP contribution in [0.4, 0.5) is 8.78 Å². The van der Waals surface area contributed by atoms with Crippen molar-refractivity contribution in [2.45, 2.75) is 45.6 Å². The normalized spacial score (nSPS) is 12.2. The van der Waals surface area contributed by atoms with E-state index >= 15 is 0 Å². The second-order valence-corrected chi connectivity index (χ2v) is 6.30. The summed E-state index contributed by atoms with van der Waals surface area (Å²) in [4.78, 5) is 36.2. The van der Waals surface area contributed by atoms with Gasteiger partial charge in [0, 0.05) is 34.6 Å². The van der Waals surface area contributed by atoms with Crippen LogP contribution < -0.4 is 5.32 Å². The Labute approximate surface area is 130 Å². The molecule has 1 amide bonds. The van der Waals surface area contributed by atoms with E-state index in [0.29, 0.717) is 5.56 Å². The smallest absolute Gasteiger partial charge is 0.326 e. The second-order valence-electron chi connectivity index (χ2n) is 4.84. The number of thiophene rings is 1. The molecule has 0 saturated heterocycles. The van der Waals surface area contributed by atoms with E-state index in [0.717, 1.165) is 9.75 Å². The van der Waals surface area contributed by atoms with Gasteiger partial charge in [-0.1, -0.05) is 0 Å². The fraction of sp³-hybridized carbons (Fsp3) is 0.500. The minimum atomic E-state index is -2.83. The molecule has 1 unspecified atom stereocenters. The molecular formula is C14H17F2NO4S. The first-order valence-electron chi connectivity index (χ1n) is 6.61. The Morgan fingerprint density at radius 2 is 1.91 bits per heavy atom. The molecule has 1 heterocycles. The summed E-state index contributed by atoms with van der Waals surface area (Å²) in [6.45, 7) is 3.66. The SMILES string of the molecule is Cc1cc(C(=O)CCC(=O)NC(CC(F)F)C(=O)O)c(C)s1. The van der Waals surface area contributed by atoms with Crippen LogP contribution in [0, 0.1) is 13.8 Å². The van der Waals surface area contributed by atoms with Crippen molar-refractivity contribution in [3.05, 3.63) is 21.4 Å². The number of carboxylic acid groups (broad SMARTS) is 1. The summed E-state index contributed by atoms with van der Waals surface area (Å²) in [5.41, 5.74) is 0.540. The monoisotopic (exact) mass is 333 g/mol. The zero-order valence-corrected chi connectivity index (χ0v) is 13.0. The summed E-state index contributed by atoms with van der Waals surface area (Å²) in [5.74, 6) is -2.48. The Balaban J connectivity index is 2.53. The van der Waals surface area contributed by atoms with E-state index in [9.17, 15) is 23.2 Å². The van der Waals surface area contributed by atoms with Gasteiger partial charge >= 0.3 is 5.97 Å². The summed E-state index contributed by atoms with van der Waals surface area (Å²) in [7, 11) is 0. The summed E-state index contributed by atoms with van der Waals surface area (Å²) < 4.78 is 24.4. The lowest BCUT2D eigenvalue weighted by Crippen LogP contribution is -2.42. The fourth-order valence-corrected chi connectivity index (χ4v) is 2.88. The molecule has 0 bridgehead atoms. The number of carbonyl (C=O) groups is 3. The highest BCUT2D eigenvalue weighted by atomic mass is 32.1. The van der Waals surface area contributed by atoms with Crippen LogP contribution in [0.5, 0.6) is 0 Å². The van der Waals surface area contributed by atoms with Gasteiger partial charge in [0.25, 0.3) is 0 Å². The van der Waals surface area contributed by atoms with Crippen molar-refractivity contribution in [1.82, 2.24) is 5.32 Å². The third-order valence-electron chi connectivity index (χ3n) is 2.97. The minimum absolute atomic E-state index is 0.0934. The van der Waals surface area contributed by atoms with Crippen LogP contribution in [-0.4, -0.2) is 35.2 Å². The highest BCUT2D eigenvalue weighted by molar-refractivity contribution is 7.12.